The number of nitrogens with one attached hydrogen (secondary N) is 1. The van der Waals surface area contributed by atoms with Crippen LogP contribution in [0.2, 0.25) is 0 Å². The van der Waals surface area contributed by atoms with E-state index >= 15 is 0 Å². The van der Waals surface area contributed by atoms with Gasteiger partial charge in [-0.3, -0.25) is 4.79 Å². The summed E-state index contributed by atoms with van der Waals surface area (Å²) in [5, 5.41) is 3.81. The number of hydrogen-bond donors (Lipinski definition) is 1. The van der Waals surface area contributed by atoms with Gasteiger partial charge in [0.25, 0.3) is 0 Å². The van der Waals surface area contributed by atoms with E-state index in [2.05, 4.69) is 17.5 Å². The number of thiocarbonyl (C=S) groups is 1. The van der Waals surface area contributed by atoms with Crippen LogP contribution in [0.1, 0.15) is 0 Å². The van der Waals surface area contributed by atoms with E-state index in [9.17, 15) is 4.79 Å². The molecule has 0 heterocycles. The number of likely N-dealkylation sites (N-methyl/N-ethyl adjacent to an activating group) is 1. The minimum Gasteiger partial charge on any atom is -0.313 e. The van der Waals surface area contributed by atoms with Crippen molar-refractivity contribution < 1.29 is 4.79 Å². The molecule has 0 aliphatic carbocycles. The van der Waals surface area contributed by atoms with Crippen LogP contribution in [-0.4, -0.2) is 24.7 Å². The van der Waals surface area contributed by atoms with E-state index < -0.39 is 0 Å². The summed E-state index contributed by atoms with van der Waals surface area (Å²) in [6.45, 7) is 0.351. The van der Waals surface area contributed by atoms with Crippen LogP contribution in [0.15, 0.2) is 0 Å². The average Bonchev–Trinajstić information content (AvgIpc) is 1.68. The largest absolute Gasteiger partial charge is 0.313 e. The van der Waals surface area contributed by atoms with E-state index in [-0.39, 0.29) is 5.78 Å². The SMILES string of the molecule is CNCC(=O)C=S. The fourth-order valence-corrected chi connectivity index (χ4v) is 0.299. The van der Waals surface area contributed by atoms with Crippen LogP contribution in [0, 0.1) is 0 Å². The third-order valence-electron chi connectivity index (χ3n) is 0.482. The first kappa shape index (κ1) is 6.72. The van der Waals surface area contributed by atoms with Gasteiger partial charge in [0.05, 0.1) is 6.54 Å². The lowest BCUT2D eigenvalue weighted by atomic mass is 10.5. The highest BCUT2D eigenvalue weighted by molar-refractivity contribution is 7.80. The molecule has 0 atom stereocenters. The van der Waals surface area contributed by atoms with Crippen molar-refractivity contribution >= 4 is 23.4 Å². The Labute approximate surface area is 47.9 Å². The zero-order chi connectivity index (χ0) is 5.70. The van der Waals surface area contributed by atoms with Gasteiger partial charge in [-0.1, -0.05) is 12.2 Å². The zero-order valence-corrected chi connectivity index (χ0v) is 4.92. The van der Waals surface area contributed by atoms with Gasteiger partial charge in [0.2, 0.25) is 0 Å². The molecule has 7 heavy (non-hydrogen) atoms. The van der Waals surface area contributed by atoms with Gasteiger partial charge in [-0.05, 0) is 7.05 Å². The molecular formula is C4H7NOS. The first-order valence-corrected chi connectivity index (χ1v) is 2.41. The molecule has 0 radical (unpaired) electrons. The van der Waals surface area contributed by atoms with Gasteiger partial charge < -0.3 is 5.32 Å². The summed E-state index contributed by atoms with van der Waals surface area (Å²) >= 11 is 4.33. The Morgan fingerprint density at radius 2 is 2.57 bits per heavy atom. The predicted octanol–water partition coefficient (Wildman–Crippen LogP) is -0.225. The summed E-state index contributed by atoms with van der Waals surface area (Å²) < 4.78 is 0. The van der Waals surface area contributed by atoms with E-state index in [0.717, 1.165) is 5.37 Å². The second kappa shape index (κ2) is 3.89. The molecule has 0 rings (SSSR count). The van der Waals surface area contributed by atoms with Crippen molar-refractivity contribution in [3.63, 3.8) is 0 Å². The van der Waals surface area contributed by atoms with Gasteiger partial charge in [-0.2, -0.15) is 0 Å². The van der Waals surface area contributed by atoms with Crippen molar-refractivity contribution in [2.75, 3.05) is 13.6 Å². The molecule has 0 aromatic carbocycles. The van der Waals surface area contributed by atoms with Crippen LogP contribution in [0.5, 0.6) is 0 Å². The van der Waals surface area contributed by atoms with E-state index in [4.69, 9.17) is 0 Å². The number of hydrogen-bond acceptors (Lipinski definition) is 3. The maximum atomic E-state index is 10.2. The van der Waals surface area contributed by atoms with Crippen molar-refractivity contribution in [3.8, 4) is 0 Å². The maximum absolute atomic E-state index is 10.2. The van der Waals surface area contributed by atoms with Gasteiger partial charge in [-0.15, -0.1) is 0 Å². The minimum atomic E-state index is -0.0440. The number of carbonyl (C=O) groups is 1. The molecular weight excluding hydrogens is 110 g/mol. The van der Waals surface area contributed by atoms with Gasteiger partial charge in [0, 0.05) is 5.37 Å². The summed E-state index contributed by atoms with van der Waals surface area (Å²) in [4.78, 5) is 10.2. The first-order chi connectivity index (χ1) is 3.31. The van der Waals surface area contributed by atoms with Gasteiger partial charge in [-0.25, -0.2) is 0 Å². The van der Waals surface area contributed by atoms with Crippen LogP contribution in [-0.2, 0) is 4.79 Å². The molecule has 0 aliphatic rings. The van der Waals surface area contributed by atoms with Crippen LogP contribution in [0.3, 0.4) is 0 Å². The number of rotatable bonds is 3. The van der Waals surface area contributed by atoms with Gasteiger partial charge in [0.1, 0.15) is 0 Å². The lowest BCUT2D eigenvalue weighted by Crippen LogP contribution is -2.18. The van der Waals surface area contributed by atoms with Crippen LogP contribution >= 0.6 is 12.2 Å². The summed E-state index contributed by atoms with van der Waals surface area (Å²) in [6, 6.07) is 0. The van der Waals surface area contributed by atoms with E-state index in [1.165, 1.54) is 0 Å². The Morgan fingerprint density at radius 3 is 2.71 bits per heavy atom. The third kappa shape index (κ3) is 3.55. The van der Waals surface area contributed by atoms with Crippen molar-refractivity contribution in [2.24, 2.45) is 0 Å². The zero-order valence-electron chi connectivity index (χ0n) is 4.10. The summed E-state index contributed by atoms with van der Waals surface area (Å²) in [6.07, 6.45) is 0. The van der Waals surface area contributed by atoms with Gasteiger partial charge in [0.15, 0.2) is 5.78 Å². The summed E-state index contributed by atoms with van der Waals surface area (Å²) in [5.74, 6) is -0.0440. The molecule has 0 saturated carbocycles. The fraction of sp³-hybridized carbons (Fsp3) is 0.500. The first-order valence-electron chi connectivity index (χ1n) is 1.94. The highest BCUT2D eigenvalue weighted by atomic mass is 32.1. The molecule has 0 bridgehead atoms. The number of Topliss-reactive ketones (excluding diaryl/α,β-unsaturated/α-hetero) is 1. The van der Waals surface area contributed by atoms with Crippen molar-refractivity contribution in [1.29, 1.82) is 0 Å². The normalized spacial score (nSPS) is 8.14. The molecule has 0 saturated heterocycles. The lowest BCUT2D eigenvalue weighted by Gasteiger charge is -1.85. The average molecular weight is 117 g/mol. The molecule has 40 valence electrons. The maximum Gasteiger partial charge on any atom is 0.180 e. The van der Waals surface area contributed by atoms with E-state index in [1.807, 2.05) is 0 Å². The monoisotopic (exact) mass is 117 g/mol. The van der Waals surface area contributed by atoms with Crippen molar-refractivity contribution in [2.45, 2.75) is 0 Å². The Bertz CT molecular complexity index is 81.8. The summed E-state index contributed by atoms with van der Waals surface area (Å²) in [7, 11) is 1.71. The highest BCUT2D eigenvalue weighted by Gasteiger charge is 1.88. The molecule has 3 heteroatoms. The lowest BCUT2D eigenvalue weighted by molar-refractivity contribution is -0.111. The second-order valence-corrected chi connectivity index (χ2v) is 1.35. The van der Waals surface area contributed by atoms with Crippen LogP contribution < -0.4 is 5.32 Å². The second-order valence-electron chi connectivity index (χ2n) is 1.11. The molecule has 0 aromatic heterocycles. The molecule has 2 nitrogen and oxygen atoms in total. The molecule has 0 amide bonds. The topological polar surface area (TPSA) is 29.1 Å². The molecule has 0 spiro atoms. The summed E-state index contributed by atoms with van der Waals surface area (Å²) in [5.41, 5.74) is 0. The highest BCUT2D eigenvalue weighted by Crippen LogP contribution is 1.59. The smallest absolute Gasteiger partial charge is 0.180 e. The Kier molecular flexibility index (Phi) is 3.74. The van der Waals surface area contributed by atoms with Crippen LogP contribution in [0.25, 0.3) is 0 Å². The van der Waals surface area contributed by atoms with E-state index in [0.29, 0.717) is 6.54 Å². The number of ketones is 1. The van der Waals surface area contributed by atoms with Crippen LogP contribution in [0.4, 0.5) is 0 Å². The minimum absolute atomic E-state index is 0.0440. The fourth-order valence-electron chi connectivity index (χ4n) is 0.216. The molecule has 0 aliphatic heterocycles. The van der Waals surface area contributed by atoms with E-state index in [1.54, 1.807) is 7.05 Å². The Hall–Kier alpha value is -0.280. The third-order valence-corrected chi connectivity index (χ3v) is 0.745. The molecule has 0 fully saturated rings. The quantitative estimate of drug-likeness (QED) is 0.518. The Morgan fingerprint density at radius 1 is 2.00 bits per heavy atom. The van der Waals surface area contributed by atoms with Gasteiger partial charge >= 0.3 is 0 Å². The number of carbonyl (C=O) groups excluding carboxylic acids is 1. The van der Waals surface area contributed by atoms with Crippen molar-refractivity contribution in [3.05, 3.63) is 0 Å². The Balaban J connectivity index is 3.17. The predicted molar refractivity (Wildman–Crippen MR) is 32.6 cm³/mol. The van der Waals surface area contributed by atoms with Crippen molar-refractivity contribution in [1.82, 2.24) is 5.32 Å². The molecule has 0 unspecified atom stereocenters. The molecule has 0 aromatic rings. The molecule has 1 N–H and O–H groups in total. The standard InChI is InChI=1S/C4H7NOS/c1-5-2-4(6)3-7/h3,5H,2H2,1H3.